The zero-order chi connectivity index (χ0) is 20.9. The first-order valence-corrected chi connectivity index (χ1v) is 10.2. The number of carbonyl (C=O) groups excluding carboxylic acids is 1. The number of nitrogens with two attached hydrogens (primary N) is 1. The summed E-state index contributed by atoms with van der Waals surface area (Å²) in [5.74, 6) is 1.86. The van der Waals surface area contributed by atoms with Gasteiger partial charge >= 0.3 is 0 Å². The number of amides is 1. The zero-order valence-corrected chi connectivity index (χ0v) is 17.1. The summed E-state index contributed by atoms with van der Waals surface area (Å²) < 4.78 is 5.77. The molecule has 1 saturated heterocycles. The molecular weight excluding hydrogens is 382 g/mol. The molecule has 0 radical (unpaired) electrons. The van der Waals surface area contributed by atoms with E-state index in [0.29, 0.717) is 36.2 Å². The fourth-order valence-corrected chi connectivity index (χ4v) is 3.40. The van der Waals surface area contributed by atoms with E-state index >= 15 is 0 Å². The Morgan fingerprint density at radius 3 is 2.83 bits per heavy atom. The SMILES string of the molecule is CN1CCN(C(=O)CCCNc2nccc(/C(N)=C3/Nc4ccccc4O3)n2)CC1. The molecule has 1 amide bonds. The van der Waals surface area contributed by atoms with Crippen molar-refractivity contribution in [1.82, 2.24) is 19.8 Å². The largest absolute Gasteiger partial charge is 0.437 e. The van der Waals surface area contributed by atoms with Crippen LogP contribution in [0.1, 0.15) is 18.5 Å². The molecule has 2 aliphatic rings. The standard InChI is InChI=1S/C21H27N7O2/c1-27-11-13-28(14-12-27)18(29)7-4-9-23-21-24-10-8-16(26-21)19(22)20-25-15-5-2-3-6-17(15)30-20/h2-3,5-6,8,10,25H,4,7,9,11-14,22H2,1H3,(H,23,24,26)/b20-19+. The summed E-state index contributed by atoms with van der Waals surface area (Å²) >= 11 is 0. The number of hydrogen-bond donors (Lipinski definition) is 3. The minimum Gasteiger partial charge on any atom is -0.437 e. The summed E-state index contributed by atoms with van der Waals surface area (Å²) in [6.45, 7) is 4.10. The van der Waals surface area contributed by atoms with Crippen molar-refractivity contribution in [2.75, 3.05) is 50.4 Å². The molecule has 30 heavy (non-hydrogen) atoms. The van der Waals surface area contributed by atoms with Crippen LogP contribution < -0.4 is 21.1 Å². The van der Waals surface area contributed by atoms with Crippen LogP contribution in [0.15, 0.2) is 42.4 Å². The quantitative estimate of drug-likeness (QED) is 0.617. The molecule has 0 atom stereocenters. The van der Waals surface area contributed by atoms with Crippen molar-refractivity contribution in [3.8, 4) is 5.75 Å². The van der Waals surface area contributed by atoms with Crippen LogP contribution >= 0.6 is 0 Å². The number of ether oxygens (including phenoxy) is 1. The Bertz CT molecular complexity index is 911. The second-order valence-corrected chi connectivity index (χ2v) is 7.45. The monoisotopic (exact) mass is 409 g/mol. The lowest BCUT2D eigenvalue weighted by molar-refractivity contribution is -0.132. The maximum Gasteiger partial charge on any atom is 0.223 e. The second-order valence-electron chi connectivity index (χ2n) is 7.45. The predicted octanol–water partition coefficient (Wildman–Crippen LogP) is 1.53. The molecule has 1 aromatic carbocycles. The van der Waals surface area contributed by atoms with Gasteiger partial charge in [0.25, 0.3) is 0 Å². The molecule has 0 spiro atoms. The van der Waals surface area contributed by atoms with Gasteiger partial charge in [0.15, 0.2) is 5.75 Å². The van der Waals surface area contributed by atoms with Crippen LogP contribution in [0.5, 0.6) is 5.75 Å². The average Bonchev–Trinajstić information content (AvgIpc) is 3.21. The lowest BCUT2D eigenvalue weighted by atomic mass is 10.2. The normalized spacial score (nSPS) is 17.7. The van der Waals surface area contributed by atoms with Gasteiger partial charge in [0.05, 0.1) is 11.4 Å². The third-order valence-electron chi connectivity index (χ3n) is 5.23. The predicted molar refractivity (Wildman–Crippen MR) is 116 cm³/mol. The van der Waals surface area contributed by atoms with Gasteiger partial charge in [-0.3, -0.25) is 4.79 Å². The van der Waals surface area contributed by atoms with E-state index in [1.165, 1.54) is 0 Å². The number of rotatable bonds is 6. The zero-order valence-electron chi connectivity index (χ0n) is 17.1. The van der Waals surface area contributed by atoms with Gasteiger partial charge in [-0.15, -0.1) is 0 Å². The molecule has 0 bridgehead atoms. The third-order valence-corrected chi connectivity index (χ3v) is 5.23. The van der Waals surface area contributed by atoms with Gasteiger partial charge in [-0.25, -0.2) is 9.97 Å². The Morgan fingerprint density at radius 2 is 2.03 bits per heavy atom. The summed E-state index contributed by atoms with van der Waals surface area (Å²) in [4.78, 5) is 25.2. The molecule has 1 aromatic heterocycles. The van der Waals surface area contributed by atoms with Crippen molar-refractivity contribution in [3.63, 3.8) is 0 Å². The van der Waals surface area contributed by atoms with Crippen molar-refractivity contribution >= 4 is 23.2 Å². The van der Waals surface area contributed by atoms with Crippen molar-refractivity contribution in [3.05, 3.63) is 48.1 Å². The van der Waals surface area contributed by atoms with Crippen LogP contribution in [-0.4, -0.2) is 65.4 Å². The van der Waals surface area contributed by atoms with E-state index in [4.69, 9.17) is 10.5 Å². The summed E-state index contributed by atoms with van der Waals surface area (Å²) in [5, 5.41) is 6.33. The number of piperazine rings is 1. The van der Waals surface area contributed by atoms with E-state index in [1.54, 1.807) is 12.3 Å². The highest BCUT2D eigenvalue weighted by atomic mass is 16.5. The molecular formula is C21H27N7O2. The van der Waals surface area contributed by atoms with Crippen LogP contribution in [0.3, 0.4) is 0 Å². The summed E-state index contributed by atoms with van der Waals surface area (Å²) in [6, 6.07) is 9.36. The third kappa shape index (κ3) is 4.62. The van der Waals surface area contributed by atoms with Crippen LogP contribution in [0.2, 0.25) is 0 Å². The van der Waals surface area contributed by atoms with E-state index in [0.717, 1.165) is 44.0 Å². The number of carbonyl (C=O) groups is 1. The first kappa shape index (κ1) is 20.0. The molecule has 2 aliphatic heterocycles. The molecule has 158 valence electrons. The highest BCUT2D eigenvalue weighted by Crippen LogP contribution is 2.34. The maximum absolute atomic E-state index is 12.3. The molecule has 0 unspecified atom stereocenters. The fraction of sp³-hybridized carbons (Fsp3) is 0.381. The van der Waals surface area contributed by atoms with Gasteiger partial charge in [0.2, 0.25) is 17.7 Å². The Labute approximate surface area is 175 Å². The number of nitrogens with zero attached hydrogens (tertiary/aromatic N) is 4. The van der Waals surface area contributed by atoms with Gasteiger partial charge in [-0.2, -0.15) is 0 Å². The molecule has 9 heteroatoms. The Hall–Kier alpha value is -3.33. The smallest absolute Gasteiger partial charge is 0.223 e. The molecule has 9 nitrogen and oxygen atoms in total. The van der Waals surface area contributed by atoms with Crippen molar-refractivity contribution in [2.24, 2.45) is 5.73 Å². The molecule has 4 rings (SSSR count). The van der Waals surface area contributed by atoms with Gasteiger partial charge < -0.3 is 30.9 Å². The number of anilines is 2. The van der Waals surface area contributed by atoms with E-state index in [1.807, 2.05) is 29.2 Å². The number of hydrogen-bond acceptors (Lipinski definition) is 8. The number of likely N-dealkylation sites (N-methyl/N-ethyl adjacent to an activating group) is 1. The Balaban J connectivity index is 1.29. The van der Waals surface area contributed by atoms with E-state index in [9.17, 15) is 4.79 Å². The molecule has 0 saturated carbocycles. The van der Waals surface area contributed by atoms with Crippen LogP contribution in [0.25, 0.3) is 5.70 Å². The lowest BCUT2D eigenvalue weighted by Crippen LogP contribution is -2.47. The number of benzene rings is 1. The highest BCUT2D eigenvalue weighted by molar-refractivity contribution is 5.76. The van der Waals surface area contributed by atoms with Gasteiger partial charge in [-0.05, 0) is 31.7 Å². The van der Waals surface area contributed by atoms with Crippen molar-refractivity contribution in [1.29, 1.82) is 0 Å². The van der Waals surface area contributed by atoms with E-state index in [-0.39, 0.29) is 5.91 Å². The molecule has 2 aromatic rings. The van der Waals surface area contributed by atoms with Gasteiger partial charge in [-0.1, -0.05) is 12.1 Å². The minimum absolute atomic E-state index is 0.206. The van der Waals surface area contributed by atoms with E-state index < -0.39 is 0 Å². The summed E-state index contributed by atoms with van der Waals surface area (Å²) in [7, 11) is 2.08. The van der Waals surface area contributed by atoms with E-state index in [2.05, 4.69) is 32.5 Å². The number of aromatic nitrogens is 2. The summed E-state index contributed by atoms with van der Waals surface area (Å²) in [6.07, 6.45) is 2.88. The van der Waals surface area contributed by atoms with Crippen LogP contribution in [0, 0.1) is 0 Å². The minimum atomic E-state index is 0.206. The van der Waals surface area contributed by atoms with Crippen molar-refractivity contribution in [2.45, 2.75) is 12.8 Å². The molecule has 1 fully saturated rings. The first-order valence-electron chi connectivity index (χ1n) is 10.2. The molecule has 3 heterocycles. The van der Waals surface area contributed by atoms with Gasteiger partial charge in [0, 0.05) is 45.3 Å². The Morgan fingerprint density at radius 1 is 1.23 bits per heavy atom. The fourth-order valence-electron chi connectivity index (χ4n) is 3.40. The van der Waals surface area contributed by atoms with Gasteiger partial charge in [0.1, 0.15) is 5.70 Å². The highest BCUT2D eigenvalue weighted by Gasteiger charge is 2.20. The summed E-state index contributed by atoms with van der Waals surface area (Å²) in [5.41, 5.74) is 8.09. The number of para-hydroxylation sites is 2. The number of nitrogens with one attached hydrogen (secondary N) is 2. The van der Waals surface area contributed by atoms with Crippen LogP contribution in [0.4, 0.5) is 11.6 Å². The molecule has 4 N–H and O–H groups in total. The Kier molecular flexibility index (Phi) is 5.99. The van der Waals surface area contributed by atoms with Crippen LogP contribution in [-0.2, 0) is 4.79 Å². The second kappa shape index (κ2) is 9.00. The number of fused-ring (bicyclic) bond motifs is 1. The first-order chi connectivity index (χ1) is 14.6. The topological polar surface area (TPSA) is 109 Å². The lowest BCUT2D eigenvalue weighted by Gasteiger charge is -2.32. The van der Waals surface area contributed by atoms with Crippen molar-refractivity contribution < 1.29 is 9.53 Å². The maximum atomic E-state index is 12.3. The average molecular weight is 409 g/mol. The molecule has 0 aliphatic carbocycles.